The van der Waals surface area contributed by atoms with Crippen molar-refractivity contribution >= 4 is 17.4 Å². The topological polar surface area (TPSA) is 68.1 Å². The van der Waals surface area contributed by atoms with Gasteiger partial charge in [-0.3, -0.25) is 19.3 Å². The summed E-state index contributed by atoms with van der Waals surface area (Å²) < 4.78 is 1.74. The van der Waals surface area contributed by atoms with Gasteiger partial charge in [0.05, 0.1) is 12.2 Å². The lowest BCUT2D eigenvalue weighted by Gasteiger charge is -2.32. The van der Waals surface area contributed by atoms with Crippen molar-refractivity contribution in [3.63, 3.8) is 0 Å². The van der Waals surface area contributed by atoms with Crippen molar-refractivity contribution in [2.45, 2.75) is 26.3 Å². The Balaban J connectivity index is 1.66. The number of hydrogen-bond acceptors (Lipinski definition) is 4. The molecular formula is C21H20N4O2. The Morgan fingerprint density at radius 1 is 1.19 bits per heavy atom. The predicted molar refractivity (Wildman–Crippen MR) is 102 cm³/mol. The molecule has 136 valence electrons. The largest absolute Gasteiger partial charge is 0.305 e. The van der Waals surface area contributed by atoms with Crippen LogP contribution in [0.4, 0.5) is 5.69 Å². The molecule has 0 spiro atoms. The Bertz CT molecular complexity index is 993. The van der Waals surface area contributed by atoms with Gasteiger partial charge in [-0.2, -0.15) is 5.10 Å². The normalized spacial score (nSPS) is 16.3. The number of fused-ring (bicyclic) bond motifs is 1. The maximum atomic E-state index is 13.2. The summed E-state index contributed by atoms with van der Waals surface area (Å²) in [5.74, 6) is -0.199. The second kappa shape index (κ2) is 6.79. The average molecular weight is 360 g/mol. The van der Waals surface area contributed by atoms with Crippen LogP contribution in [0.3, 0.4) is 0 Å². The molecule has 4 rings (SSSR count). The summed E-state index contributed by atoms with van der Waals surface area (Å²) in [5, 5.41) is 4.38. The van der Waals surface area contributed by atoms with Crippen molar-refractivity contribution in [3.05, 3.63) is 77.4 Å². The highest BCUT2D eigenvalue weighted by Gasteiger charge is 2.33. The van der Waals surface area contributed by atoms with Gasteiger partial charge in [-0.25, -0.2) is 0 Å². The molecule has 6 nitrogen and oxygen atoms in total. The van der Waals surface area contributed by atoms with E-state index in [1.54, 1.807) is 40.3 Å². The molecule has 0 saturated heterocycles. The Hall–Kier alpha value is -3.28. The van der Waals surface area contributed by atoms with Crippen LogP contribution in [0.15, 0.2) is 55.0 Å². The number of aryl methyl sites for hydroxylation is 1. The number of ketones is 1. The van der Waals surface area contributed by atoms with Crippen LogP contribution in [-0.2, 0) is 6.42 Å². The highest BCUT2D eigenvalue weighted by atomic mass is 16.2. The molecule has 1 aliphatic rings. The van der Waals surface area contributed by atoms with Gasteiger partial charge in [-0.15, -0.1) is 0 Å². The van der Waals surface area contributed by atoms with E-state index in [4.69, 9.17) is 0 Å². The van der Waals surface area contributed by atoms with E-state index >= 15 is 0 Å². The zero-order valence-corrected chi connectivity index (χ0v) is 15.3. The number of anilines is 1. The molecule has 0 N–H and O–H groups in total. The van der Waals surface area contributed by atoms with Crippen LogP contribution in [0.25, 0.3) is 0 Å². The minimum Gasteiger partial charge on any atom is -0.305 e. The van der Waals surface area contributed by atoms with E-state index in [1.807, 2.05) is 38.1 Å². The fraction of sp³-hybridized carbons (Fsp3) is 0.238. The Kier molecular flexibility index (Phi) is 4.32. The minimum absolute atomic E-state index is 0.0289. The molecule has 3 aromatic rings. The van der Waals surface area contributed by atoms with Crippen LogP contribution in [0.2, 0.25) is 0 Å². The van der Waals surface area contributed by atoms with Gasteiger partial charge in [0.25, 0.3) is 5.91 Å². The van der Waals surface area contributed by atoms with Crippen LogP contribution in [0, 0.1) is 6.92 Å². The van der Waals surface area contributed by atoms with Gasteiger partial charge < -0.3 is 4.90 Å². The standard InChI is InChI=1S/C21H20N4O2/c1-14-5-7-18(8-6-14)24-13-15(2)25-20(21(24)27)17(12-23-25)10-19(26)16-4-3-9-22-11-16/h3-9,11-12,15H,10,13H2,1-2H3/t15-/m0/s1. The van der Waals surface area contributed by atoms with E-state index in [1.165, 1.54) is 0 Å². The van der Waals surface area contributed by atoms with Gasteiger partial charge in [-0.05, 0) is 38.1 Å². The lowest BCUT2D eigenvalue weighted by molar-refractivity contribution is 0.0951. The molecule has 0 saturated carbocycles. The van der Waals surface area contributed by atoms with Crippen molar-refractivity contribution in [3.8, 4) is 0 Å². The van der Waals surface area contributed by atoms with Crippen LogP contribution >= 0.6 is 0 Å². The lowest BCUT2D eigenvalue weighted by Crippen LogP contribution is -2.43. The maximum absolute atomic E-state index is 13.2. The van der Waals surface area contributed by atoms with Gasteiger partial charge in [0.2, 0.25) is 0 Å². The number of amides is 1. The Morgan fingerprint density at radius 3 is 2.67 bits per heavy atom. The van der Waals surface area contributed by atoms with Crippen LogP contribution < -0.4 is 4.90 Å². The Labute approximate surface area is 157 Å². The summed E-state index contributed by atoms with van der Waals surface area (Å²) >= 11 is 0. The summed E-state index contributed by atoms with van der Waals surface area (Å²) in [4.78, 5) is 31.5. The molecule has 27 heavy (non-hydrogen) atoms. The first-order valence-electron chi connectivity index (χ1n) is 8.92. The summed E-state index contributed by atoms with van der Waals surface area (Å²) in [5.41, 5.74) is 3.67. The van der Waals surface area contributed by atoms with Gasteiger partial charge in [0, 0.05) is 42.2 Å². The minimum atomic E-state index is -0.122. The quantitative estimate of drug-likeness (QED) is 0.670. The summed E-state index contributed by atoms with van der Waals surface area (Å²) in [6.07, 6.45) is 4.93. The number of Topliss-reactive ketones (excluding diaryl/α,β-unsaturated/α-hetero) is 1. The van der Waals surface area contributed by atoms with E-state index in [-0.39, 0.29) is 24.2 Å². The third-order valence-electron chi connectivity index (χ3n) is 4.86. The maximum Gasteiger partial charge on any atom is 0.276 e. The first-order valence-corrected chi connectivity index (χ1v) is 8.92. The van der Waals surface area contributed by atoms with Gasteiger partial charge in [0.15, 0.2) is 5.78 Å². The predicted octanol–water partition coefficient (Wildman–Crippen LogP) is 3.23. The molecule has 0 unspecified atom stereocenters. The number of carbonyl (C=O) groups is 2. The molecular weight excluding hydrogens is 340 g/mol. The second-order valence-electron chi connectivity index (χ2n) is 6.90. The highest BCUT2D eigenvalue weighted by molar-refractivity contribution is 6.08. The van der Waals surface area contributed by atoms with Crippen LogP contribution in [-0.4, -0.2) is 33.0 Å². The second-order valence-corrected chi connectivity index (χ2v) is 6.90. The van der Waals surface area contributed by atoms with Crippen molar-refractivity contribution in [1.29, 1.82) is 0 Å². The fourth-order valence-corrected chi connectivity index (χ4v) is 3.40. The number of carbonyl (C=O) groups excluding carboxylic acids is 2. The number of hydrogen-bond donors (Lipinski definition) is 0. The van der Waals surface area contributed by atoms with Crippen molar-refractivity contribution < 1.29 is 9.59 Å². The first kappa shape index (κ1) is 17.1. The monoisotopic (exact) mass is 360 g/mol. The van der Waals surface area contributed by atoms with Crippen molar-refractivity contribution in [2.24, 2.45) is 0 Å². The molecule has 1 atom stereocenters. The lowest BCUT2D eigenvalue weighted by atomic mass is 10.0. The number of aromatic nitrogens is 3. The zero-order chi connectivity index (χ0) is 19.0. The zero-order valence-electron chi connectivity index (χ0n) is 15.3. The van der Waals surface area contributed by atoms with Crippen molar-refractivity contribution in [1.82, 2.24) is 14.8 Å². The molecule has 6 heteroatoms. The van der Waals surface area contributed by atoms with Crippen LogP contribution in [0.5, 0.6) is 0 Å². The molecule has 1 aromatic carbocycles. The molecule has 0 aliphatic carbocycles. The number of nitrogens with zero attached hydrogens (tertiary/aromatic N) is 4. The molecule has 0 bridgehead atoms. The fourth-order valence-electron chi connectivity index (χ4n) is 3.40. The molecule has 2 aromatic heterocycles. The van der Waals surface area contributed by atoms with Gasteiger partial charge in [-0.1, -0.05) is 17.7 Å². The smallest absolute Gasteiger partial charge is 0.276 e. The third-order valence-corrected chi connectivity index (χ3v) is 4.86. The molecule has 0 radical (unpaired) electrons. The molecule has 3 heterocycles. The van der Waals surface area contributed by atoms with Gasteiger partial charge >= 0.3 is 0 Å². The summed E-state index contributed by atoms with van der Waals surface area (Å²) in [7, 11) is 0. The van der Waals surface area contributed by atoms with E-state index in [2.05, 4.69) is 10.1 Å². The summed E-state index contributed by atoms with van der Waals surface area (Å²) in [6, 6.07) is 11.4. The average Bonchev–Trinajstić information content (AvgIpc) is 3.11. The highest BCUT2D eigenvalue weighted by Crippen LogP contribution is 2.28. The van der Waals surface area contributed by atoms with E-state index < -0.39 is 0 Å². The molecule has 1 amide bonds. The van der Waals surface area contributed by atoms with E-state index in [9.17, 15) is 9.59 Å². The number of benzene rings is 1. The van der Waals surface area contributed by atoms with Gasteiger partial charge in [0.1, 0.15) is 5.69 Å². The third kappa shape index (κ3) is 3.14. The first-order chi connectivity index (χ1) is 13.0. The van der Waals surface area contributed by atoms with E-state index in [0.717, 1.165) is 11.3 Å². The van der Waals surface area contributed by atoms with Crippen LogP contribution in [0.1, 0.15) is 44.9 Å². The number of rotatable bonds is 4. The SMILES string of the molecule is Cc1ccc(N2C[C@H](C)n3ncc(CC(=O)c4cccnc4)c3C2=O)cc1. The Morgan fingerprint density at radius 2 is 1.96 bits per heavy atom. The summed E-state index contributed by atoms with van der Waals surface area (Å²) in [6.45, 7) is 4.59. The number of pyridine rings is 1. The van der Waals surface area contributed by atoms with E-state index in [0.29, 0.717) is 23.4 Å². The molecule has 1 aliphatic heterocycles. The molecule has 0 fully saturated rings. The van der Waals surface area contributed by atoms with Crippen molar-refractivity contribution in [2.75, 3.05) is 11.4 Å².